The lowest BCUT2D eigenvalue weighted by molar-refractivity contribution is -0.384. The minimum atomic E-state index is -0.660. The summed E-state index contributed by atoms with van der Waals surface area (Å²) in [5, 5.41) is 24.9. The topological polar surface area (TPSA) is 121 Å². The third-order valence-electron chi connectivity index (χ3n) is 2.02. The van der Waals surface area contributed by atoms with Gasteiger partial charge in [-0.15, -0.1) is 0 Å². The minimum Gasteiger partial charge on any atom is -0.363 e. The van der Waals surface area contributed by atoms with Crippen molar-refractivity contribution in [1.29, 1.82) is 5.26 Å². The summed E-state index contributed by atoms with van der Waals surface area (Å²) in [6, 6.07) is 3.01. The first-order chi connectivity index (χ1) is 8.56. The number of anilines is 1. The number of nitro groups is 1. The molecule has 0 spiro atoms. The summed E-state index contributed by atoms with van der Waals surface area (Å²) in [4.78, 5) is 24.6. The van der Waals surface area contributed by atoms with Gasteiger partial charge in [0.1, 0.15) is 11.6 Å². The average molecular weight is 249 g/mol. The molecule has 1 heterocycles. The zero-order valence-electron chi connectivity index (χ0n) is 9.64. The van der Waals surface area contributed by atoms with Crippen molar-refractivity contribution in [1.82, 2.24) is 10.3 Å². The molecular formula is C10H11N5O3. The first-order valence-corrected chi connectivity index (χ1v) is 5.08. The van der Waals surface area contributed by atoms with Crippen molar-refractivity contribution < 1.29 is 9.72 Å². The van der Waals surface area contributed by atoms with Crippen LogP contribution in [-0.2, 0) is 4.79 Å². The standard InChI is InChI=1S/C10H11N5O3/c1-7(16)12-4-5-14-10-9(15(17)18)8(6-11)2-3-13-10/h2-3H,4-5H2,1H3,(H,12,16)(H,13,14). The molecule has 8 heteroatoms. The molecule has 1 aromatic rings. The van der Waals surface area contributed by atoms with Crippen LogP contribution in [0.1, 0.15) is 12.5 Å². The van der Waals surface area contributed by atoms with Gasteiger partial charge < -0.3 is 10.6 Å². The molecule has 0 aliphatic rings. The van der Waals surface area contributed by atoms with Gasteiger partial charge in [0.2, 0.25) is 11.7 Å². The Morgan fingerprint density at radius 1 is 1.61 bits per heavy atom. The first kappa shape index (κ1) is 13.4. The molecule has 8 nitrogen and oxygen atoms in total. The van der Waals surface area contributed by atoms with Gasteiger partial charge in [0.15, 0.2) is 0 Å². The van der Waals surface area contributed by atoms with Crippen LogP contribution in [0.25, 0.3) is 0 Å². The van der Waals surface area contributed by atoms with Crippen LogP contribution in [-0.4, -0.2) is 28.9 Å². The molecule has 0 aliphatic heterocycles. The van der Waals surface area contributed by atoms with Crippen LogP contribution in [0.2, 0.25) is 0 Å². The Labute approximate surface area is 103 Å². The third kappa shape index (κ3) is 3.41. The highest BCUT2D eigenvalue weighted by Gasteiger charge is 2.20. The van der Waals surface area contributed by atoms with Crippen LogP contribution in [0.4, 0.5) is 11.5 Å². The van der Waals surface area contributed by atoms with Crippen molar-refractivity contribution in [2.45, 2.75) is 6.92 Å². The number of amides is 1. The molecule has 0 aliphatic carbocycles. The Bertz CT molecular complexity index is 509. The maximum absolute atomic E-state index is 10.8. The van der Waals surface area contributed by atoms with E-state index in [-0.39, 0.29) is 29.5 Å². The van der Waals surface area contributed by atoms with E-state index in [2.05, 4.69) is 15.6 Å². The number of hydrogen-bond donors (Lipinski definition) is 2. The highest BCUT2D eigenvalue weighted by molar-refractivity contribution is 5.72. The van der Waals surface area contributed by atoms with Crippen LogP contribution in [0.3, 0.4) is 0 Å². The Morgan fingerprint density at radius 2 is 2.33 bits per heavy atom. The van der Waals surface area contributed by atoms with Gasteiger partial charge in [0, 0.05) is 26.2 Å². The van der Waals surface area contributed by atoms with Crippen molar-refractivity contribution in [2.24, 2.45) is 0 Å². The predicted octanol–water partition coefficient (Wildman–Crippen LogP) is 0.409. The fraction of sp³-hybridized carbons (Fsp3) is 0.300. The van der Waals surface area contributed by atoms with E-state index in [1.54, 1.807) is 6.07 Å². The van der Waals surface area contributed by atoms with Gasteiger partial charge in [0.05, 0.1) is 4.92 Å². The Kier molecular flexibility index (Phi) is 4.57. The molecule has 1 rings (SSSR count). The van der Waals surface area contributed by atoms with Gasteiger partial charge >= 0.3 is 5.69 Å². The second kappa shape index (κ2) is 6.15. The predicted molar refractivity (Wildman–Crippen MR) is 62.8 cm³/mol. The average Bonchev–Trinajstić information content (AvgIpc) is 2.33. The molecule has 0 fully saturated rings. The zero-order valence-corrected chi connectivity index (χ0v) is 9.64. The number of nitriles is 1. The lowest BCUT2D eigenvalue weighted by Crippen LogP contribution is -2.26. The van der Waals surface area contributed by atoms with Crippen LogP contribution < -0.4 is 10.6 Å². The van der Waals surface area contributed by atoms with Gasteiger partial charge in [-0.05, 0) is 6.07 Å². The summed E-state index contributed by atoms with van der Waals surface area (Å²) in [5.74, 6) is -0.172. The highest BCUT2D eigenvalue weighted by Crippen LogP contribution is 2.25. The summed E-state index contributed by atoms with van der Waals surface area (Å²) in [6.07, 6.45) is 1.31. The van der Waals surface area contributed by atoms with E-state index < -0.39 is 4.92 Å². The van der Waals surface area contributed by atoms with Gasteiger partial charge in [0.25, 0.3) is 0 Å². The van der Waals surface area contributed by atoms with Crippen LogP contribution in [0.15, 0.2) is 12.3 Å². The largest absolute Gasteiger partial charge is 0.363 e. The fourth-order valence-corrected chi connectivity index (χ4v) is 1.28. The van der Waals surface area contributed by atoms with Crippen molar-refractivity contribution in [3.05, 3.63) is 27.9 Å². The molecule has 0 saturated carbocycles. The van der Waals surface area contributed by atoms with Crippen molar-refractivity contribution in [3.63, 3.8) is 0 Å². The highest BCUT2D eigenvalue weighted by atomic mass is 16.6. The summed E-state index contributed by atoms with van der Waals surface area (Å²) >= 11 is 0. The normalized spacial score (nSPS) is 9.33. The van der Waals surface area contributed by atoms with Crippen molar-refractivity contribution in [2.75, 3.05) is 18.4 Å². The smallest absolute Gasteiger partial charge is 0.328 e. The summed E-state index contributed by atoms with van der Waals surface area (Å²) in [6.45, 7) is 1.96. The van der Waals surface area contributed by atoms with E-state index in [0.717, 1.165) is 0 Å². The number of pyridine rings is 1. The lowest BCUT2D eigenvalue weighted by Gasteiger charge is -2.06. The van der Waals surface area contributed by atoms with E-state index >= 15 is 0 Å². The lowest BCUT2D eigenvalue weighted by atomic mass is 10.2. The summed E-state index contributed by atoms with van der Waals surface area (Å²) in [7, 11) is 0. The van der Waals surface area contributed by atoms with Crippen molar-refractivity contribution in [3.8, 4) is 6.07 Å². The molecule has 0 aromatic carbocycles. The van der Waals surface area contributed by atoms with Crippen LogP contribution in [0, 0.1) is 21.4 Å². The number of hydrogen-bond acceptors (Lipinski definition) is 6. The number of nitrogens with zero attached hydrogens (tertiary/aromatic N) is 3. The van der Waals surface area contributed by atoms with Gasteiger partial charge in [-0.25, -0.2) is 4.98 Å². The number of rotatable bonds is 5. The quantitative estimate of drug-likeness (QED) is 0.443. The number of nitrogens with one attached hydrogen (secondary N) is 2. The molecule has 0 atom stereocenters. The third-order valence-corrected chi connectivity index (χ3v) is 2.02. The van der Waals surface area contributed by atoms with Gasteiger partial charge in [-0.3, -0.25) is 14.9 Å². The first-order valence-electron chi connectivity index (χ1n) is 5.08. The maximum Gasteiger partial charge on any atom is 0.328 e. The Morgan fingerprint density at radius 3 is 2.89 bits per heavy atom. The van der Waals surface area contributed by atoms with E-state index in [1.807, 2.05) is 0 Å². The molecule has 2 N–H and O–H groups in total. The molecule has 94 valence electrons. The molecule has 0 bridgehead atoms. The monoisotopic (exact) mass is 249 g/mol. The second-order valence-corrected chi connectivity index (χ2v) is 3.33. The molecule has 0 radical (unpaired) electrons. The van der Waals surface area contributed by atoms with E-state index in [4.69, 9.17) is 5.26 Å². The second-order valence-electron chi connectivity index (χ2n) is 3.33. The molecule has 0 saturated heterocycles. The summed E-state index contributed by atoms with van der Waals surface area (Å²) in [5.41, 5.74) is -0.417. The number of aromatic nitrogens is 1. The summed E-state index contributed by atoms with van der Waals surface area (Å²) < 4.78 is 0. The minimum absolute atomic E-state index is 0.0180. The zero-order chi connectivity index (χ0) is 13.5. The Hall–Kier alpha value is -2.69. The fourth-order valence-electron chi connectivity index (χ4n) is 1.28. The maximum atomic E-state index is 10.8. The number of carbonyl (C=O) groups excluding carboxylic acids is 1. The molecule has 0 unspecified atom stereocenters. The molecule has 18 heavy (non-hydrogen) atoms. The van der Waals surface area contributed by atoms with Crippen LogP contribution in [0.5, 0.6) is 0 Å². The Balaban J connectivity index is 2.80. The van der Waals surface area contributed by atoms with Crippen LogP contribution >= 0.6 is 0 Å². The van der Waals surface area contributed by atoms with E-state index in [1.165, 1.54) is 19.2 Å². The number of carbonyl (C=O) groups is 1. The molecule has 1 amide bonds. The van der Waals surface area contributed by atoms with Crippen molar-refractivity contribution >= 4 is 17.4 Å². The van der Waals surface area contributed by atoms with E-state index in [0.29, 0.717) is 6.54 Å². The van der Waals surface area contributed by atoms with Gasteiger partial charge in [-0.1, -0.05) is 0 Å². The molecular weight excluding hydrogens is 238 g/mol. The SMILES string of the molecule is CC(=O)NCCNc1nccc(C#N)c1[N+](=O)[O-]. The van der Waals surface area contributed by atoms with Gasteiger partial charge in [-0.2, -0.15) is 5.26 Å². The van der Waals surface area contributed by atoms with E-state index in [9.17, 15) is 14.9 Å². The molecule has 1 aromatic heterocycles.